The molecule has 1 aromatic heterocycles. The van der Waals surface area contributed by atoms with Crippen LogP contribution in [0, 0.1) is 0 Å². The predicted octanol–water partition coefficient (Wildman–Crippen LogP) is 3.33. The molecule has 3 nitrogen and oxygen atoms in total. The minimum absolute atomic E-state index is 0.000473. The number of hydrogen-bond donors (Lipinski definition) is 1. The Bertz CT molecular complexity index is 573. The van der Waals surface area contributed by atoms with Gasteiger partial charge in [-0.3, -0.25) is 4.68 Å². The Morgan fingerprint density at radius 2 is 1.86 bits per heavy atom. The number of nitrogens with zero attached hydrogens (tertiary/aromatic N) is 2. The lowest BCUT2D eigenvalue weighted by molar-refractivity contribution is -0.137. The van der Waals surface area contributed by atoms with Crippen LogP contribution in [0.25, 0.3) is 0 Å². The van der Waals surface area contributed by atoms with Crippen molar-refractivity contribution in [1.29, 1.82) is 0 Å². The van der Waals surface area contributed by atoms with Gasteiger partial charge in [-0.05, 0) is 30.7 Å². The second-order valence-electron chi connectivity index (χ2n) is 4.99. The van der Waals surface area contributed by atoms with Crippen LogP contribution < -0.4 is 5.32 Å². The first-order valence-corrected chi connectivity index (χ1v) is 6.75. The molecule has 0 aliphatic heterocycles. The van der Waals surface area contributed by atoms with Crippen LogP contribution >= 0.6 is 0 Å². The highest BCUT2D eigenvalue weighted by Crippen LogP contribution is 2.29. The fourth-order valence-electron chi connectivity index (χ4n) is 2.14. The summed E-state index contributed by atoms with van der Waals surface area (Å²) < 4.78 is 39.3. The maximum Gasteiger partial charge on any atom is 0.416 e. The average molecular weight is 297 g/mol. The third-order valence-electron chi connectivity index (χ3n) is 3.49. The molecule has 0 saturated carbocycles. The SMILES string of the molecule is CC(NCCc1ccnn1C)c1ccc(C(F)(F)F)cc1. The van der Waals surface area contributed by atoms with Crippen LogP contribution in [0.3, 0.4) is 0 Å². The van der Waals surface area contributed by atoms with E-state index in [9.17, 15) is 13.2 Å². The molecule has 0 spiro atoms. The van der Waals surface area contributed by atoms with E-state index in [0.717, 1.165) is 36.4 Å². The van der Waals surface area contributed by atoms with Crippen molar-refractivity contribution in [3.8, 4) is 0 Å². The van der Waals surface area contributed by atoms with E-state index >= 15 is 0 Å². The van der Waals surface area contributed by atoms with Gasteiger partial charge < -0.3 is 5.32 Å². The molecule has 6 heteroatoms. The number of nitrogens with one attached hydrogen (secondary N) is 1. The van der Waals surface area contributed by atoms with Crippen LogP contribution in [0.1, 0.15) is 29.8 Å². The zero-order valence-corrected chi connectivity index (χ0v) is 12.0. The van der Waals surface area contributed by atoms with Crippen molar-refractivity contribution < 1.29 is 13.2 Å². The third-order valence-corrected chi connectivity index (χ3v) is 3.49. The number of aryl methyl sites for hydroxylation is 1. The average Bonchev–Trinajstić information content (AvgIpc) is 2.83. The van der Waals surface area contributed by atoms with Crippen LogP contribution in [-0.2, 0) is 19.6 Å². The topological polar surface area (TPSA) is 29.9 Å². The third kappa shape index (κ3) is 4.07. The quantitative estimate of drug-likeness (QED) is 0.917. The molecule has 0 radical (unpaired) electrons. The van der Waals surface area contributed by atoms with Crippen molar-refractivity contribution in [1.82, 2.24) is 15.1 Å². The molecule has 0 aliphatic carbocycles. The molecule has 0 aliphatic rings. The molecule has 0 amide bonds. The first-order chi connectivity index (χ1) is 9.88. The lowest BCUT2D eigenvalue weighted by atomic mass is 10.1. The van der Waals surface area contributed by atoms with Gasteiger partial charge in [-0.15, -0.1) is 0 Å². The Hall–Kier alpha value is -1.82. The van der Waals surface area contributed by atoms with Gasteiger partial charge in [0, 0.05) is 37.9 Å². The summed E-state index contributed by atoms with van der Waals surface area (Å²) in [7, 11) is 1.88. The number of hydrogen-bond acceptors (Lipinski definition) is 2. The molecule has 1 aromatic carbocycles. The molecule has 0 saturated heterocycles. The number of aromatic nitrogens is 2. The normalized spacial score (nSPS) is 13.4. The summed E-state index contributed by atoms with van der Waals surface area (Å²) >= 11 is 0. The van der Waals surface area contributed by atoms with Gasteiger partial charge in [0.25, 0.3) is 0 Å². The van der Waals surface area contributed by atoms with Gasteiger partial charge in [-0.1, -0.05) is 12.1 Å². The Kier molecular flexibility index (Phi) is 4.67. The highest BCUT2D eigenvalue weighted by atomic mass is 19.4. The van der Waals surface area contributed by atoms with Crippen molar-refractivity contribution in [2.24, 2.45) is 7.05 Å². The van der Waals surface area contributed by atoms with E-state index < -0.39 is 11.7 Å². The zero-order valence-electron chi connectivity index (χ0n) is 12.0. The molecule has 2 rings (SSSR count). The van der Waals surface area contributed by atoms with Gasteiger partial charge in [-0.2, -0.15) is 18.3 Å². The Labute approximate surface area is 121 Å². The lowest BCUT2D eigenvalue weighted by Crippen LogP contribution is -2.22. The summed E-state index contributed by atoms with van der Waals surface area (Å²) in [6.07, 6.45) is -1.72. The molecule has 1 atom stereocenters. The Morgan fingerprint density at radius 1 is 1.19 bits per heavy atom. The number of benzene rings is 1. The Morgan fingerprint density at radius 3 is 2.38 bits per heavy atom. The van der Waals surface area contributed by atoms with Crippen LogP contribution in [0.5, 0.6) is 0 Å². The van der Waals surface area contributed by atoms with Crippen LogP contribution in [0.2, 0.25) is 0 Å². The van der Waals surface area contributed by atoms with Gasteiger partial charge in [0.1, 0.15) is 0 Å². The monoisotopic (exact) mass is 297 g/mol. The predicted molar refractivity (Wildman–Crippen MR) is 74.8 cm³/mol. The summed E-state index contributed by atoms with van der Waals surface area (Å²) in [5, 5.41) is 7.39. The smallest absolute Gasteiger partial charge is 0.310 e. The first-order valence-electron chi connectivity index (χ1n) is 6.75. The van der Waals surface area contributed by atoms with Gasteiger partial charge in [-0.25, -0.2) is 0 Å². The molecule has 1 N–H and O–H groups in total. The molecule has 1 heterocycles. The summed E-state index contributed by atoms with van der Waals surface area (Å²) in [6, 6.07) is 7.23. The van der Waals surface area contributed by atoms with Gasteiger partial charge >= 0.3 is 6.18 Å². The summed E-state index contributed by atoms with van der Waals surface area (Å²) in [6.45, 7) is 2.67. The molecule has 1 unspecified atom stereocenters. The molecule has 2 aromatic rings. The minimum Gasteiger partial charge on any atom is -0.310 e. The second-order valence-corrected chi connectivity index (χ2v) is 4.99. The molecule has 0 fully saturated rings. The van der Waals surface area contributed by atoms with Crippen LogP contribution in [0.4, 0.5) is 13.2 Å². The van der Waals surface area contributed by atoms with E-state index in [2.05, 4.69) is 10.4 Å². The van der Waals surface area contributed by atoms with E-state index in [1.165, 1.54) is 12.1 Å². The fourth-order valence-corrected chi connectivity index (χ4v) is 2.14. The first kappa shape index (κ1) is 15.6. The fraction of sp³-hybridized carbons (Fsp3) is 0.400. The molecular weight excluding hydrogens is 279 g/mol. The van der Waals surface area contributed by atoms with E-state index in [0.29, 0.717) is 0 Å². The summed E-state index contributed by atoms with van der Waals surface area (Å²) in [5.74, 6) is 0. The van der Waals surface area contributed by atoms with Crippen molar-refractivity contribution in [2.75, 3.05) is 6.54 Å². The molecule has 114 valence electrons. The van der Waals surface area contributed by atoms with Gasteiger partial charge in [0.05, 0.1) is 5.56 Å². The van der Waals surface area contributed by atoms with E-state index in [1.54, 1.807) is 6.20 Å². The number of halogens is 3. The standard InChI is InChI=1S/C15H18F3N3/c1-11(19-9-7-14-8-10-20-21(14)2)12-3-5-13(6-4-12)15(16,17)18/h3-6,8,10-11,19H,7,9H2,1-2H3. The van der Waals surface area contributed by atoms with E-state index in [-0.39, 0.29) is 6.04 Å². The largest absolute Gasteiger partial charge is 0.416 e. The zero-order chi connectivity index (χ0) is 15.5. The van der Waals surface area contributed by atoms with E-state index in [4.69, 9.17) is 0 Å². The van der Waals surface area contributed by atoms with Crippen molar-refractivity contribution in [3.63, 3.8) is 0 Å². The van der Waals surface area contributed by atoms with E-state index in [1.807, 2.05) is 24.7 Å². The van der Waals surface area contributed by atoms with Crippen molar-refractivity contribution in [2.45, 2.75) is 25.6 Å². The maximum atomic E-state index is 12.5. The number of alkyl halides is 3. The van der Waals surface area contributed by atoms with Crippen LogP contribution in [-0.4, -0.2) is 16.3 Å². The molecule has 0 bridgehead atoms. The highest BCUT2D eigenvalue weighted by Gasteiger charge is 2.30. The van der Waals surface area contributed by atoms with Crippen molar-refractivity contribution in [3.05, 3.63) is 53.3 Å². The lowest BCUT2D eigenvalue weighted by Gasteiger charge is -2.15. The molecular formula is C15H18F3N3. The van der Waals surface area contributed by atoms with Gasteiger partial charge in [0.15, 0.2) is 0 Å². The summed E-state index contributed by atoms with van der Waals surface area (Å²) in [5.41, 5.74) is 1.34. The maximum absolute atomic E-state index is 12.5. The highest BCUT2D eigenvalue weighted by molar-refractivity contribution is 5.26. The van der Waals surface area contributed by atoms with Gasteiger partial charge in [0.2, 0.25) is 0 Å². The minimum atomic E-state index is -4.28. The summed E-state index contributed by atoms with van der Waals surface area (Å²) in [4.78, 5) is 0. The van der Waals surface area contributed by atoms with Crippen LogP contribution in [0.15, 0.2) is 36.5 Å². The molecule has 21 heavy (non-hydrogen) atoms. The second kappa shape index (κ2) is 6.30. The van der Waals surface area contributed by atoms with Crippen molar-refractivity contribution >= 4 is 0 Å². The Balaban J connectivity index is 1.88. The number of rotatable bonds is 5.